The number of alkyl halides is 3. The predicted octanol–water partition coefficient (Wildman–Crippen LogP) is 4.94. The summed E-state index contributed by atoms with van der Waals surface area (Å²) < 4.78 is 47.0. The van der Waals surface area contributed by atoms with Gasteiger partial charge in [-0.1, -0.05) is 25.3 Å². The molecule has 8 nitrogen and oxygen atoms in total. The van der Waals surface area contributed by atoms with Crippen molar-refractivity contribution in [2.45, 2.75) is 63.8 Å². The van der Waals surface area contributed by atoms with Crippen LogP contribution in [-0.4, -0.2) is 33.2 Å². The van der Waals surface area contributed by atoms with E-state index in [0.29, 0.717) is 16.8 Å². The number of halogens is 3. The van der Waals surface area contributed by atoms with Gasteiger partial charge in [0.2, 0.25) is 5.91 Å². The molecule has 0 saturated heterocycles. The largest absolute Gasteiger partial charge is 0.433 e. The van der Waals surface area contributed by atoms with Crippen LogP contribution >= 0.6 is 0 Å². The topological polar surface area (TPSA) is 112 Å². The summed E-state index contributed by atoms with van der Waals surface area (Å²) in [6.45, 7) is 3.05. The Kier molecular flexibility index (Phi) is 7.03. The molecule has 192 valence electrons. The summed E-state index contributed by atoms with van der Waals surface area (Å²) in [4.78, 5) is 27.8. The summed E-state index contributed by atoms with van der Waals surface area (Å²) in [5.74, 6) is -1.48. The molecule has 3 aromatic rings. The van der Waals surface area contributed by atoms with Gasteiger partial charge in [-0.2, -0.15) is 18.3 Å². The van der Waals surface area contributed by atoms with Crippen molar-refractivity contribution in [3.63, 3.8) is 0 Å². The van der Waals surface area contributed by atoms with Gasteiger partial charge in [-0.25, -0.2) is 4.98 Å². The lowest BCUT2D eigenvalue weighted by molar-refractivity contribution is -0.141. The molecule has 1 saturated carbocycles. The molecule has 0 radical (unpaired) electrons. The second kappa shape index (κ2) is 9.88. The first kappa shape index (κ1) is 25.6. The highest BCUT2D eigenvalue weighted by Crippen LogP contribution is 2.36. The number of aromatic nitrogens is 3. The number of hydrogen-bond donors (Lipinski definition) is 2. The van der Waals surface area contributed by atoms with Gasteiger partial charge in [-0.3, -0.25) is 14.3 Å². The number of nitrogens with two attached hydrogens (primary N) is 1. The van der Waals surface area contributed by atoms with E-state index in [9.17, 15) is 22.8 Å². The number of primary amides is 1. The molecule has 0 atom stereocenters. The van der Waals surface area contributed by atoms with E-state index in [1.807, 2.05) is 10.9 Å². The van der Waals surface area contributed by atoms with Crippen molar-refractivity contribution in [3.05, 3.63) is 53.5 Å². The molecule has 0 unspecified atom stereocenters. The number of hydrogen-bond acceptors (Lipinski definition) is 5. The van der Waals surface area contributed by atoms with E-state index < -0.39 is 29.3 Å². The van der Waals surface area contributed by atoms with E-state index in [1.54, 1.807) is 26.0 Å². The predicted molar refractivity (Wildman–Crippen MR) is 127 cm³/mol. The van der Waals surface area contributed by atoms with Crippen LogP contribution in [0.1, 0.15) is 73.7 Å². The van der Waals surface area contributed by atoms with Gasteiger partial charge >= 0.3 is 6.18 Å². The number of rotatable bonds is 7. The molecular weight excluding hydrogens is 475 g/mol. The minimum absolute atomic E-state index is 0.279. The van der Waals surface area contributed by atoms with Crippen molar-refractivity contribution in [1.29, 1.82) is 0 Å². The Hall–Kier alpha value is -3.47. The van der Waals surface area contributed by atoms with Gasteiger partial charge in [-0.05, 0) is 51.0 Å². The van der Waals surface area contributed by atoms with Gasteiger partial charge in [0, 0.05) is 22.8 Å². The summed E-state index contributed by atoms with van der Waals surface area (Å²) in [6.07, 6.45) is 2.74. The first-order valence-corrected chi connectivity index (χ1v) is 11.8. The zero-order chi connectivity index (χ0) is 26.1. The van der Waals surface area contributed by atoms with Gasteiger partial charge < -0.3 is 15.8 Å². The number of ether oxygens (including phenoxy) is 1. The summed E-state index contributed by atoms with van der Waals surface area (Å²) in [6, 6.07) is 6.87. The van der Waals surface area contributed by atoms with Crippen molar-refractivity contribution >= 4 is 28.4 Å². The molecule has 0 spiro atoms. The minimum atomic E-state index is -4.68. The number of amides is 2. The highest BCUT2D eigenvalue weighted by Gasteiger charge is 2.33. The molecule has 1 aromatic carbocycles. The fraction of sp³-hybridized carbons (Fsp3) is 0.440. The third-order valence-electron chi connectivity index (χ3n) is 6.35. The van der Waals surface area contributed by atoms with Crippen molar-refractivity contribution < 1.29 is 27.5 Å². The van der Waals surface area contributed by atoms with Gasteiger partial charge in [-0.15, -0.1) is 0 Å². The van der Waals surface area contributed by atoms with E-state index in [4.69, 9.17) is 15.6 Å². The maximum absolute atomic E-state index is 13.1. The van der Waals surface area contributed by atoms with Crippen LogP contribution in [-0.2, 0) is 21.3 Å². The van der Waals surface area contributed by atoms with Gasteiger partial charge in [0.05, 0.1) is 17.2 Å². The SMILES string of the molecule is CC(C)(OCC(N)=O)c1cc2nn(C3CCCCC3)cc2cc1NC(=O)c1cccc(C(F)(F)F)n1. The molecule has 1 aliphatic rings. The highest BCUT2D eigenvalue weighted by atomic mass is 19.4. The first-order chi connectivity index (χ1) is 16.9. The quantitative estimate of drug-likeness (QED) is 0.474. The maximum atomic E-state index is 13.1. The Labute approximate surface area is 206 Å². The Morgan fingerprint density at radius 1 is 1.17 bits per heavy atom. The average molecular weight is 504 g/mol. The van der Waals surface area contributed by atoms with Crippen LogP contribution in [0.15, 0.2) is 36.5 Å². The Balaban J connectivity index is 1.73. The number of nitrogens with one attached hydrogen (secondary N) is 1. The molecule has 1 aliphatic carbocycles. The number of carbonyl (C=O) groups is 2. The van der Waals surface area contributed by atoms with Crippen LogP contribution in [0.25, 0.3) is 10.9 Å². The van der Waals surface area contributed by atoms with E-state index in [-0.39, 0.29) is 18.3 Å². The van der Waals surface area contributed by atoms with Crippen molar-refractivity contribution in [2.24, 2.45) is 5.73 Å². The zero-order valence-electron chi connectivity index (χ0n) is 20.1. The Bertz CT molecular complexity index is 1280. The molecule has 4 rings (SSSR count). The summed E-state index contributed by atoms with van der Waals surface area (Å²) in [5.41, 5.74) is 4.09. The van der Waals surface area contributed by atoms with E-state index in [0.717, 1.165) is 43.2 Å². The number of carbonyl (C=O) groups excluding carboxylic acids is 2. The molecule has 11 heteroatoms. The molecule has 1 fully saturated rings. The zero-order valence-corrected chi connectivity index (χ0v) is 20.1. The van der Waals surface area contributed by atoms with Gasteiger partial charge in [0.25, 0.3) is 5.91 Å². The lowest BCUT2D eigenvalue weighted by atomic mass is 9.94. The van der Waals surface area contributed by atoms with Gasteiger partial charge in [0.15, 0.2) is 0 Å². The average Bonchev–Trinajstić information content (AvgIpc) is 3.25. The fourth-order valence-electron chi connectivity index (χ4n) is 4.46. The Morgan fingerprint density at radius 3 is 2.56 bits per heavy atom. The normalized spacial score (nSPS) is 15.2. The third kappa shape index (κ3) is 5.67. The lowest BCUT2D eigenvalue weighted by Gasteiger charge is -2.28. The maximum Gasteiger partial charge on any atom is 0.433 e. The molecule has 2 aromatic heterocycles. The van der Waals surface area contributed by atoms with Crippen molar-refractivity contribution in [2.75, 3.05) is 11.9 Å². The van der Waals surface area contributed by atoms with Crippen LogP contribution in [0.5, 0.6) is 0 Å². The molecular formula is C25H28F3N5O3. The van der Waals surface area contributed by atoms with Crippen molar-refractivity contribution in [3.8, 4) is 0 Å². The van der Waals surface area contributed by atoms with Crippen LogP contribution in [0.2, 0.25) is 0 Å². The summed E-state index contributed by atoms with van der Waals surface area (Å²) in [5, 5.41) is 8.17. The number of pyridine rings is 1. The summed E-state index contributed by atoms with van der Waals surface area (Å²) in [7, 11) is 0. The van der Waals surface area contributed by atoms with Crippen molar-refractivity contribution in [1.82, 2.24) is 14.8 Å². The first-order valence-electron chi connectivity index (χ1n) is 11.8. The number of benzene rings is 1. The summed E-state index contributed by atoms with van der Waals surface area (Å²) >= 11 is 0. The standard InChI is InChI=1S/C25H28F3N5O3/c1-24(2,36-14-22(29)34)17-12-19-15(13-33(32-19)16-7-4-3-5-8-16)11-20(17)31-23(35)18-9-6-10-21(30-18)25(26,27)28/h6,9-13,16H,3-5,7-8,14H2,1-2H3,(H2,29,34)(H,31,35). The fourth-order valence-corrected chi connectivity index (χ4v) is 4.46. The van der Waals surface area contributed by atoms with E-state index in [1.165, 1.54) is 12.5 Å². The van der Waals surface area contributed by atoms with E-state index in [2.05, 4.69) is 10.3 Å². The van der Waals surface area contributed by atoms with E-state index >= 15 is 0 Å². The smallest absolute Gasteiger partial charge is 0.368 e. The van der Waals surface area contributed by atoms with Crippen LogP contribution in [0, 0.1) is 0 Å². The molecule has 0 bridgehead atoms. The van der Waals surface area contributed by atoms with Crippen LogP contribution < -0.4 is 11.1 Å². The monoisotopic (exact) mass is 503 g/mol. The number of nitrogens with zero attached hydrogens (tertiary/aromatic N) is 3. The van der Waals surface area contributed by atoms with Crippen LogP contribution in [0.3, 0.4) is 0 Å². The third-order valence-corrected chi connectivity index (χ3v) is 6.35. The highest BCUT2D eigenvalue weighted by molar-refractivity contribution is 6.04. The number of anilines is 1. The molecule has 36 heavy (non-hydrogen) atoms. The molecule has 2 amide bonds. The molecule has 0 aliphatic heterocycles. The second-order valence-corrected chi connectivity index (χ2v) is 9.48. The second-order valence-electron chi connectivity index (χ2n) is 9.48. The molecule has 3 N–H and O–H groups in total. The Morgan fingerprint density at radius 2 is 1.89 bits per heavy atom. The molecule has 2 heterocycles. The minimum Gasteiger partial charge on any atom is -0.368 e. The van der Waals surface area contributed by atoms with Gasteiger partial charge in [0.1, 0.15) is 18.0 Å². The van der Waals surface area contributed by atoms with Crippen LogP contribution in [0.4, 0.5) is 18.9 Å². The lowest BCUT2D eigenvalue weighted by Crippen LogP contribution is -2.30. The number of fused-ring (bicyclic) bond motifs is 1.